The van der Waals surface area contributed by atoms with Crippen LogP contribution in [-0.2, 0) is 6.42 Å². The smallest absolute Gasteiger partial charge is 0.251 e. The zero-order valence-corrected chi connectivity index (χ0v) is 11.6. The van der Waals surface area contributed by atoms with Gasteiger partial charge in [-0.15, -0.1) is 11.3 Å². The number of rotatable bonds is 5. The quantitative estimate of drug-likeness (QED) is 0.878. The van der Waals surface area contributed by atoms with E-state index in [1.165, 1.54) is 11.3 Å². The zero-order valence-electron chi connectivity index (χ0n) is 10.8. The average molecular weight is 275 g/mol. The summed E-state index contributed by atoms with van der Waals surface area (Å²) in [5, 5.41) is 5.75. The molecule has 3 N–H and O–H groups in total. The van der Waals surface area contributed by atoms with Crippen LogP contribution in [0.4, 0.5) is 0 Å². The van der Waals surface area contributed by atoms with Gasteiger partial charge >= 0.3 is 0 Å². The third-order valence-electron chi connectivity index (χ3n) is 2.82. The van der Waals surface area contributed by atoms with Gasteiger partial charge in [0, 0.05) is 17.1 Å². The molecule has 0 aliphatic carbocycles. The highest BCUT2D eigenvalue weighted by Crippen LogP contribution is 2.15. The maximum Gasteiger partial charge on any atom is 0.251 e. The first-order valence-electron chi connectivity index (χ1n) is 6.20. The molecular weight excluding hydrogens is 258 g/mol. The van der Waals surface area contributed by atoms with Crippen molar-refractivity contribution in [2.45, 2.75) is 19.4 Å². The molecule has 4 nitrogen and oxygen atoms in total. The summed E-state index contributed by atoms with van der Waals surface area (Å²) in [5.41, 5.74) is 7.30. The monoisotopic (exact) mass is 275 g/mol. The van der Waals surface area contributed by atoms with Gasteiger partial charge in [0.05, 0.1) is 6.04 Å². The largest absolute Gasteiger partial charge is 0.343 e. The van der Waals surface area contributed by atoms with Crippen LogP contribution >= 0.6 is 11.3 Å². The van der Waals surface area contributed by atoms with Gasteiger partial charge < -0.3 is 11.1 Å². The molecule has 5 heteroatoms. The zero-order chi connectivity index (χ0) is 13.7. The maximum absolute atomic E-state index is 12.1. The third kappa shape index (κ3) is 3.62. The van der Waals surface area contributed by atoms with E-state index in [1.807, 2.05) is 36.6 Å². The number of nitrogens with zero attached hydrogens (tertiary/aromatic N) is 1. The summed E-state index contributed by atoms with van der Waals surface area (Å²) in [7, 11) is 0. The Morgan fingerprint density at radius 2 is 2.16 bits per heavy atom. The Balaban J connectivity index is 1.99. The van der Waals surface area contributed by atoms with E-state index in [4.69, 9.17) is 5.73 Å². The molecule has 1 aromatic heterocycles. The van der Waals surface area contributed by atoms with Crippen molar-refractivity contribution in [3.8, 4) is 0 Å². The summed E-state index contributed by atoms with van der Waals surface area (Å²) in [5.74, 6) is -0.0815. The van der Waals surface area contributed by atoms with Gasteiger partial charge in [0.25, 0.3) is 5.91 Å². The number of aromatic nitrogens is 1. The lowest BCUT2D eigenvalue weighted by atomic mass is 10.1. The van der Waals surface area contributed by atoms with Crippen LogP contribution in [0.3, 0.4) is 0 Å². The van der Waals surface area contributed by atoms with Crippen molar-refractivity contribution in [1.29, 1.82) is 0 Å². The Kier molecular flexibility index (Phi) is 4.65. The molecule has 0 aliphatic heterocycles. The minimum atomic E-state index is -0.0815. The SMILES string of the molecule is CC(NC(=O)c1ccc(CCN)cc1)c1nccs1. The molecule has 0 fully saturated rings. The number of hydrogen-bond acceptors (Lipinski definition) is 4. The summed E-state index contributed by atoms with van der Waals surface area (Å²) < 4.78 is 0. The third-order valence-corrected chi connectivity index (χ3v) is 3.78. The second-order valence-electron chi connectivity index (χ2n) is 4.30. The van der Waals surface area contributed by atoms with Crippen LogP contribution in [0.25, 0.3) is 0 Å². The average Bonchev–Trinajstić information content (AvgIpc) is 2.94. The van der Waals surface area contributed by atoms with E-state index in [1.54, 1.807) is 6.20 Å². The van der Waals surface area contributed by atoms with E-state index in [0.717, 1.165) is 17.0 Å². The molecule has 0 saturated carbocycles. The fourth-order valence-electron chi connectivity index (χ4n) is 1.78. The van der Waals surface area contributed by atoms with E-state index in [0.29, 0.717) is 12.1 Å². The lowest BCUT2D eigenvalue weighted by Gasteiger charge is -2.11. The Bertz CT molecular complexity index is 522. The van der Waals surface area contributed by atoms with E-state index in [9.17, 15) is 4.79 Å². The van der Waals surface area contributed by atoms with Crippen molar-refractivity contribution < 1.29 is 4.79 Å². The first kappa shape index (κ1) is 13.7. The molecule has 1 atom stereocenters. The van der Waals surface area contributed by atoms with Crippen molar-refractivity contribution in [3.63, 3.8) is 0 Å². The number of thiazole rings is 1. The minimum absolute atomic E-state index is 0.0729. The number of nitrogens with one attached hydrogen (secondary N) is 1. The second-order valence-corrected chi connectivity index (χ2v) is 5.23. The molecule has 1 amide bonds. The summed E-state index contributed by atoms with van der Waals surface area (Å²) in [6, 6.07) is 7.46. The molecule has 1 unspecified atom stereocenters. The normalized spacial score (nSPS) is 12.1. The van der Waals surface area contributed by atoms with Crippen LogP contribution in [0.5, 0.6) is 0 Å². The highest BCUT2D eigenvalue weighted by Gasteiger charge is 2.12. The van der Waals surface area contributed by atoms with Gasteiger partial charge in [-0.05, 0) is 37.6 Å². The molecular formula is C14H17N3OS. The predicted octanol–water partition coefficient (Wildman–Crippen LogP) is 2.14. The van der Waals surface area contributed by atoms with Gasteiger partial charge in [-0.2, -0.15) is 0 Å². The molecule has 2 rings (SSSR count). The highest BCUT2D eigenvalue weighted by atomic mass is 32.1. The molecule has 2 aromatic rings. The van der Waals surface area contributed by atoms with E-state index >= 15 is 0 Å². The second kappa shape index (κ2) is 6.45. The van der Waals surface area contributed by atoms with Crippen molar-refractivity contribution in [1.82, 2.24) is 10.3 Å². The fraction of sp³-hybridized carbons (Fsp3) is 0.286. The number of carbonyl (C=O) groups excluding carboxylic acids is 1. The van der Waals surface area contributed by atoms with E-state index in [-0.39, 0.29) is 11.9 Å². The Morgan fingerprint density at radius 1 is 1.42 bits per heavy atom. The lowest BCUT2D eigenvalue weighted by Crippen LogP contribution is -2.26. The van der Waals surface area contributed by atoms with Crippen LogP contribution < -0.4 is 11.1 Å². The van der Waals surface area contributed by atoms with Gasteiger partial charge in [-0.3, -0.25) is 4.79 Å². The summed E-state index contributed by atoms with van der Waals surface area (Å²) in [6.07, 6.45) is 2.57. The van der Waals surface area contributed by atoms with Crippen molar-refractivity contribution >= 4 is 17.2 Å². The predicted molar refractivity (Wildman–Crippen MR) is 77.2 cm³/mol. The molecule has 100 valence electrons. The Morgan fingerprint density at radius 3 is 2.74 bits per heavy atom. The molecule has 0 aliphatic rings. The fourth-order valence-corrected chi connectivity index (χ4v) is 2.43. The first-order chi connectivity index (χ1) is 9.20. The number of hydrogen-bond donors (Lipinski definition) is 2. The van der Waals surface area contributed by atoms with Crippen LogP contribution in [0.15, 0.2) is 35.8 Å². The lowest BCUT2D eigenvalue weighted by molar-refractivity contribution is 0.0940. The van der Waals surface area contributed by atoms with Crippen molar-refractivity contribution in [2.75, 3.05) is 6.54 Å². The van der Waals surface area contributed by atoms with Gasteiger partial charge in [-0.25, -0.2) is 4.98 Å². The number of benzene rings is 1. The van der Waals surface area contributed by atoms with Gasteiger partial charge in [0.1, 0.15) is 5.01 Å². The molecule has 0 bridgehead atoms. The van der Waals surface area contributed by atoms with Gasteiger partial charge in [0.2, 0.25) is 0 Å². The van der Waals surface area contributed by atoms with Gasteiger partial charge in [0.15, 0.2) is 0 Å². The molecule has 1 aromatic carbocycles. The van der Waals surface area contributed by atoms with E-state index in [2.05, 4.69) is 10.3 Å². The summed E-state index contributed by atoms with van der Waals surface area (Å²) in [6.45, 7) is 2.55. The highest BCUT2D eigenvalue weighted by molar-refractivity contribution is 7.09. The number of amides is 1. The van der Waals surface area contributed by atoms with Crippen molar-refractivity contribution in [2.24, 2.45) is 5.73 Å². The topological polar surface area (TPSA) is 68.0 Å². The minimum Gasteiger partial charge on any atom is -0.343 e. The summed E-state index contributed by atoms with van der Waals surface area (Å²) in [4.78, 5) is 16.3. The standard InChI is InChI=1S/C14H17N3OS/c1-10(14-16-8-9-19-14)17-13(18)12-4-2-11(3-5-12)6-7-15/h2-5,8-10H,6-7,15H2,1H3,(H,17,18). The number of carbonyl (C=O) groups is 1. The van der Waals surface area contributed by atoms with Crippen LogP contribution in [0.1, 0.15) is 33.9 Å². The first-order valence-corrected chi connectivity index (χ1v) is 7.08. The van der Waals surface area contributed by atoms with Gasteiger partial charge in [-0.1, -0.05) is 12.1 Å². The maximum atomic E-state index is 12.1. The summed E-state index contributed by atoms with van der Waals surface area (Å²) >= 11 is 1.54. The van der Waals surface area contributed by atoms with Crippen LogP contribution in [0, 0.1) is 0 Å². The molecule has 19 heavy (non-hydrogen) atoms. The molecule has 1 heterocycles. The van der Waals surface area contributed by atoms with Crippen LogP contribution in [-0.4, -0.2) is 17.4 Å². The van der Waals surface area contributed by atoms with Crippen LogP contribution in [0.2, 0.25) is 0 Å². The van der Waals surface area contributed by atoms with Crippen molar-refractivity contribution in [3.05, 3.63) is 52.0 Å². The Labute approximate surface area is 116 Å². The molecule has 0 radical (unpaired) electrons. The molecule has 0 saturated heterocycles. The molecule has 0 spiro atoms. The Hall–Kier alpha value is -1.72. The number of nitrogens with two attached hydrogens (primary N) is 1. The van der Waals surface area contributed by atoms with E-state index < -0.39 is 0 Å².